The molecule has 0 radical (unpaired) electrons. The first-order valence-corrected chi connectivity index (χ1v) is 9.64. The number of aromatic nitrogens is 2. The van der Waals surface area contributed by atoms with Crippen molar-refractivity contribution in [3.05, 3.63) is 35.1 Å². The number of benzene rings is 1. The van der Waals surface area contributed by atoms with E-state index in [4.69, 9.17) is 16.1 Å². The molecule has 4 atom stereocenters. The number of nitrogens with one attached hydrogen (secondary N) is 2. The van der Waals surface area contributed by atoms with E-state index in [9.17, 15) is 4.79 Å². The fraction of sp³-hybridized carbons (Fsp3) is 0.526. The first-order valence-electron chi connectivity index (χ1n) is 9.26. The molecule has 1 saturated carbocycles. The zero-order chi connectivity index (χ0) is 18.1. The first-order chi connectivity index (χ1) is 12.6. The van der Waals surface area contributed by atoms with E-state index < -0.39 is 0 Å². The Morgan fingerprint density at radius 3 is 2.85 bits per heavy atom. The number of rotatable bonds is 4. The van der Waals surface area contributed by atoms with Crippen LogP contribution in [0.25, 0.3) is 11.5 Å². The van der Waals surface area contributed by atoms with Crippen molar-refractivity contribution in [1.82, 2.24) is 20.8 Å². The molecule has 1 aromatic carbocycles. The van der Waals surface area contributed by atoms with E-state index in [-0.39, 0.29) is 18.0 Å². The molecule has 2 heterocycles. The lowest BCUT2D eigenvalue weighted by Crippen LogP contribution is -2.44. The molecule has 2 aliphatic rings. The molecule has 26 heavy (non-hydrogen) atoms. The van der Waals surface area contributed by atoms with Gasteiger partial charge in [-0.3, -0.25) is 4.79 Å². The second-order valence-electron chi connectivity index (χ2n) is 7.30. The molecule has 7 heteroatoms. The monoisotopic (exact) mass is 374 g/mol. The molecule has 4 unspecified atom stereocenters. The highest BCUT2D eigenvalue weighted by molar-refractivity contribution is 6.30. The molecule has 0 spiro atoms. The summed E-state index contributed by atoms with van der Waals surface area (Å²) in [4.78, 5) is 17.0. The highest BCUT2D eigenvalue weighted by Gasteiger charge is 2.38. The summed E-state index contributed by atoms with van der Waals surface area (Å²) in [5, 5.41) is 11.2. The summed E-state index contributed by atoms with van der Waals surface area (Å²) >= 11 is 5.90. The number of nitrogens with zero attached hydrogens (tertiary/aromatic N) is 2. The third-order valence-electron chi connectivity index (χ3n) is 5.46. The molecule has 2 aromatic rings. The van der Waals surface area contributed by atoms with Gasteiger partial charge in [-0.15, -0.1) is 0 Å². The van der Waals surface area contributed by atoms with Crippen LogP contribution in [-0.2, 0) is 4.79 Å². The van der Waals surface area contributed by atoms with Crippen LogP contribution < -0.4 is 10.6 Å². The van der Waals surface area contributed by atoms with Crippen molar-refractivity contribution in [1.29, 1.82) is 0 Å². The zero-order valence-electron chi connectivity index (χ0n) is 14.7. The van der Waals surface area contributed by atoms with Crippen molar-refractivity contribution in [3.63, 3.8) is 0 Å². The summed E-state index contributed by atoms with van der Waals surface area (Å²) in [6.45, 7) is 1.87. The maximum Gasteiger partial charge on any atom is 0.257 e. The van der Waals surface area contributed by atoms with Gasteiger partial charge in [0, 0.05) is 16.6 Å². The van der Waals surface area contributed by atoms with E-state index in [0.29, 0.717) is 28.7 Å². The molecule has 2 fully saturated rings. The summed E-state index contributed by atoms with van der Waals surface area (Å²) in [6, 6.07) is 7.27. The van der Waals surface area contributed by atoms with E-state index >= 15 is 0 Å². The largest absolute Gasteiger partial charge is 0.345 e. The Morgan fingerprint density at radius 2 is 2.08 bits per heavy atom. The maximum atomic E-state index is 12.6. The highest BCUT2D eigenvalue weighted by Crippen LogP contribution is 2.33. The minimum Gasteiger partial charge on any atom is -0.345 e. The average molecular weight is 375 g/mol. The van der Waals surface area contributed by atoms with Crippen LogP contribution >= 0.6 is 11.6 Å². The minimum atomic E-state index is -0.309. The summed E-state index contributed by atoms with van der Waals surface area (Å²) in [5.74, 6) is 1.54. The summed E-state index contributed by atoms with van der Waals surface area (Å²) in [5.41, 5.74) is 0.799. The number of hydrogen-bond acceptors (Lipinski definition) is 5. The van der Waals surface area contributed by atoms with Gasteiger partial charge in [-0.05, 0) is 56.4 Å². The van der Waals surface area contributed by atoms with E-state index in [2.05, 4.69) is 20.8 Å². The fourth-order valence-corrected chi connectivity index (χ4v) is 4.15. The van der Waals surface area contributed by atoms with Crippen LogP contribution in [0.15, 0.2) is 28.8 Å². The summed E-state index contributed by atoms with van der Waals surface area (Å²) < 4.78 is 5.32. The number of carbonyl (C=O) groups excluding carboxylic acids is 1. The van der Waals surface area contributed by atoms with Crippen molar-refractivity contribution in [2.45, 2.75) is 57.2 Å². The molecule has 1 aliphatic heterocycles. The second kappa shape index (κ2) is 7.37. The normalized spacial score (nSPS) is 26.3. The SMILES string of the molecule is CC(NC(=O)C1CC2CCCCC2N1)c1noc(-c2ccc(Cl)cc2)n1. The van der Waals surface area contributed by atoms with Crippen molar-refractivity contribution in [2.75, 3.05) is 0 Å². The smallest absolute Gasteiger partial charge is 0.257 e. The molecule has 4 rings (SSSR count). The number of carbonyl (C=O) groups is 1. The Labute approximate surface area is 157 Å². The van der Waals surface area contributed by atoms with Crippen LogP contribution in [0.2, 0.25) is 5.02 Å². The van der Waals surface area contributed by atoms with Gasteiger partial charge in [0.15, 0.2) is 5.82 Å². The lowest BCUT2D eigenvalue weighted by Gasteiger charge is -2.24. The zero-order valence-corrected chi connectivity index (χ0v) is 15.5. The van der Waals surface area contributed by atoms with Crippen molar-refractivity contribution >= 4 is 17.5 Å². The number of halogens is 1. The molecule has 1 amide bonds. The van der Waals surface area contributed by atoms with E-state index in [1.165, 1.54) is 25.7 Å². The molecular formula is C19H23ClN4O2. The molecule has 1 aliphatic carbocycles. The molecule has 1 aromatic heterocycles. The molecule has 6 nitrogen and oxygen atoms in total. The fourth-order valence-electron chi connectivity index (χ4n) is 4.02. The minimum absolute atomic E-state index is 0.0183. The lowest BCUT2D eigenvalue weighted by atomic mass is 9.85. The summed E-state index contributed by atoms with van der Waals surface area (Å²) in [6.07, 6.45) is 5.87. The van der Waals surface area contributed by atoms with Crippen LogP contribution in [0.4, 0.5) is 0 Å². The Kier molecular flexibility index (Phi) is 4.96. The number of amides is 1. The summed E-state index contributed by atoms with van der Waals surface area (Å²) in [7, 11) is 0. The Balaban J connectivity index is 1.38. The second-order valence-corrected chi connectivity index (χ2v) is 7.74. The van der Waals surface area contributed by atoms with Gasteiger partial charge < -0.3 is 15.2 Å². The van der Waals surface area contributed by atoms with Gasteiger partial charge in [-0.1, -0.05) is 29.6 Å². The average Bonchev–Trinajstić information content (AvgIpc) is 3.29. The predicted octanol–water partition coefficient (Wildman–Crippen LogP) is 3.49. The Hall–Kier alpha value is -1.92. The van der Waals surface area contributed by atoms with Gasteiger partial charge in [0.2, 0.25) is 5.91 Å². The molecule has 138 valence electrons. The van der Waals surface area contributed by atoms with Gasteiger partial charge in [0.1, 0.15) is 0 Å². The van der Waals surface area contributed by atoms with Crippen molar-refractivity contribution < 1.29 is 9.32 Å². The van der Waals surface area contributed by atoms with Crippen LogP contribution in [0.1, 0.15) is 50.9 Å². The Bertz CT molecular complexity index is 762. The topological polar surface area (TPSA) is 80.0 Å². The van der Waals surface area contributed by atoms with Gasteiger partial charge in [0.25, 0.3) is 5.89 Å². The lowest BCUT2D eigenvalue weighted by molar-refractivity contribution is -0.123. The van der Waals surface area contributed by atoms with Crippen LogP contribution in [0.5, 0.6) is 0 Å². The van der Waals surface area contributed by atoms with Crippen LogP contribution in [0, 0.1) is 5.92 Å². The third kappa shape index (κ3) is 3.62. The van der Waals surface area contributed by atoms with E-state index in [1.54, 1.807) is 12.1 Å². The molecular weight excluding hydrogens is 352 g/mol. The van der Waals surface area contributed by atoms with Crippen molar-refractivity contribution in [3.8, 4) is 11.5 Å². The van der Waals surface area contributed by atoms with Gasteiger partial charge in [0.05, 0.1) is 12.1 Å². The van der Waals surface area contributed by atoms with Gasteiger partial charge >= 0.3 is 0 Å². The first kappa shape index (κ1) is 17.5. The van der Waals surface area contributed by atoms with E-state index in [1.807, 2.05) is 19.1 Å². The quantitative estimate of drug-likeness (QED) is 0.856. The van der Waals surface area contributed by atoms with Crippen LogP contribution in [0.3, 0.4) is 0 Å². The van der Waals surface area contributed by atoms with Gasteiger partial charge in [-0.25, -0.2) is 0 Å². The van der Waals surface area contributed by atoms with Crippen molar-refractivity contribution in [2.24, 2.45) is 5.92 Å². The molecule has 0 bridgehead atoms. The van der Waals surface area contributed by atoms with Gasteiger partial charge in [-0.2, -0.15) is 4.98 Å². The molecule has 1 saturated heterocycles. The molecule has 2 N–H and O–H groups in total. The standard InChI is InChI=1S/C19H23ClN4O2/c1-11(17-23-19(26-24-17)12-6-8-14(20)9-7-12)21-18(25)16-10-13-4-2-3-5-15(13)22-16/h6-9,11,13,15-16,22H,2-5,10H2,1H3,(H,21,25). The maximum absolute atomic E-state index is 12.6. The number of fused-ring (bicyclic) bond motifs is 1. The highest BCUT2D eigenvalue weighted by atomic mass is 35.5. The van der Waals surface area contributed by atoms with Crippen LogP contribution in [-0.4, -0.2) is 28.1 Å². The third-order valence-corrected chi connectivity index (χ3v) is 5.71. The Morgan fingerprint density at radius 1 is 1.31 bits per heavy atom. The van der Waals surface area contributed by atoms with E-state index in [0.717, 1.165) is 12.0 Å². The predicted molar refractivity (Wildman–Crippen MR) is 98.6 cm³/mol. The number of hydrogen-bond donors (Lipinski definition) is 2.